The first kappa shape index (κ1) is 29.1. The molecule has 0 heterocycles. The molecule has 9 nitrogen and oxygen atoms in total. The van der Waals surface area contributed by atoms with Gasteiger partial charge in [0.15, 0.2) is 0 Å². The third-order valence-electron chi connectivity index (χ3n) is 6.30. The van der Waals surface area contributed by atoms with E-state index in [4.69, 9.17) is 4.74 Å². The van der Waals surface area contributed by atoms with Crippen molar-refractivity contribution in [2.75, 3.05) is 6.54 Å². The topological polar surface area (TPSA) is 134 Å². The molecule has 0 aromatic heterocycles. The number of hydrogen-bond acceptors (Lipinski definition) is 5. The first-order valence-corrected chi connectivity index (χ1v) is 12.7. The van der Waals surface area contributed by atoms with Gasteiger partial charge in [0.1, 0.15) is 17.7 Å². The maximum atomic E-state index is 12.7. The minimum atomic E-state index is -1.05. The van der Waals surface area contributed by atoms with Gasteiger partial charge in [-0.25, -0.2) is 9.59 Å². The fraction of sp³-hybridized carbons (Fsp3) is 0.630. The highest BCUT2D eigenvalue weighted by Crippen LogP contribution is 2.28. The van der Waals surface area contributed by atoms with Gasteiger partial charge >= 0.3 is 12.1 Å². The monoisotopic (exact) mass is 503 g/mol. The highest BCUT2D eigenvalue weighted by molar-refractivity contribution is 5.86. The predicted octanol–water partition coefficient (Wildman–Crippen LogP) is 3.27. The van der Waals surface area contributed by atoms with Crippen molar-refractivity contribution < 1.29 is 29.0 Å². The molecule has 1 aromatic carbocycles. The first-order valence-electron chi connectivity index (χ1n) is 12.7. The Labute approximate surface area is 213 Å². The van der Waals surface area contributed by atoms with Crippen LogP contribution in [0, 0.1) is 17.8 Å². The normalized spacial score (nSPS) is 19.6. The molecule has 1 fully saturated rings. The molecule has 9 heteroatoms. The zero-order chi connectivity index (χ0) is 26.9. The van der Waals surface area contributed by atoms with E-state index < -0.39 is 29.7 Å². The number of carbonyl (C=O) groups is 4. The third-order valence-corrected chi connectivity index (χ3v) is 6.30. The second-order valence-corrected chi connectivity index (χ2v) is 10.9. The Balaban J connectivity index is 1.80. The fourth-order valence-corrected chi connectivity index (χ4v) is 4.29. The second kappa shape index (κ2) is 13.3. The number of nitrogens with one attached hydrogen (secondary N) is 3. The lowest BCUT2D eigenvalue weighted by molar-refractivity contribution is -0.142. The minimum Gasteiger partial charge on any atom is -0.480 e. The number of aliphatic carboxylic acids is 1. The number of amides is 3. The summed E-state index contributed by atoms with van der Waals surface area (Å²) in [4.78, 5) is 49.3. The van der Waals surface area contributed by atoms with Gasteiger partial charge in [0.25, 0.3) is 0 Å². The highest BCUT2D eigenvalue weighted by atomic mass is 16.6. The van der Waals surface area contributed by atoms with Crippen LogP contribution in [-0.4, -0.2) is 53.2 Å². The van der Waals surface area contributed by atoms with E-state index in [-0.39, 0.29) is 36.0 Å². The Morgan fingerprint density at radius 2 is 1.61 bits per heavy atom. The van der Waals surface area contributed by atoms with E-state index in [1.54, 1.807) is 20.8 Å². The molecule has 2 atom stereocenters. The lowest BCUT2D eigenvalue weighted by Crippen LogP contribution is -2.51. The van der Waals surface area contributed by atoms with Gasteiger partial charge in [-0.05, 0) is 63.9 Å². The number of carboxylic acid groups (broad SMARTS) is 1. The summed E-state index contributed by atoms with van der Waals surface area (Å²) in [6, 6.07) is 7.55. The quantitative estimate of drug-likeness (QED) is 0.387. The highest BCUT2D eigenvalue weighted by Gasteiger charge is 2.31. The molecule has 1 aromatic rings. The van der Waals surface area contributed by atoms with Crippen molar-refractivity contribution in [2.24, 2.45) is 17.8 Å². The van der Waals surface area contributed by atoms with Crippen LogP contribution in [0.4, 0.5) is 4.79 Å². The van der Waals surface area contributed by atoms with Gasteiger partial charge < -0.3 is 25.8 Å². The van der Waals surface area contributed by atoms with Crippen LogP contribution in [0.25, 0.3) is 0 Å². The van der Waals surface area contributed by atoms with Crippen molar-refractivity contribution in [2.45, 2.75) is 84.4 Å². The van der Waals surface area contributed by atoms with Gasteiger partial charge in [0.05, 0.1) is 0 Å². The van der Waals surface area contributed by atoms with Crippen LogP contribution in [0.15, 0.2) is 30.3 Å². The molecule has 1 saturated carbocycles. The van der Waals surface area contributed by atoms with E-state index in [1.807, 2.05) is 44.2 Å². The van der Waals surface area contributed by atoms with Crippen LogP contribution in [-0.2, 0) is 25.5 Å². The Morgan fingerprint density at radius 3 is 2.14 bits per heavy atom. The number of carbonyl (C=O) groups excluding carboxylic acids is 3. The van der Waals surface area contributed by atoms with Crippen LogP contribution in [0.1, 0.15) is 65.9 Å². The smallest absolute Gasteiger partial charge is 0.408 e. The van der Waals surface area contributed by atoms with Crippen molar-refractivity contribution in [1.82, 2.24) is 16.0 Å². The van der Waals surface area contributed by atoms with E-state index in [2.05, 4.69) is 16.0 Å². The van der Waals surface area contributed by atoms with Crippen molar-refractivity contribution in [1.29, 1.82) is 0 Å². The average molecular weight is 504 g/mol. The summed E-state index contributed by atoms with van der Waals surface area (Å²) in [5, 5.41) is 17.8. The van der Waals surface area contributed by atoms with Gasteiger partial charge in [0.2, 0.25) is 11.8 Å². The van der Waals surface area contributed by atoms with E-state index in [0.717, 1.165) is 18.4 Å². The number of hydrogen-bond donors (Lipinski definition) is 4. The van der Waals surface area contributed by atoms with E-state index in [1.165, 1.54) is 0 Å². The lowest BCUT2D eigenvalue weighted by atomic mass is 9.81. The van der Waals surface area contributed by atoms with Crippen LogP contribution in [0.5, 0.6) is 0 Å². The molecular weight excluding hydrogens is 462 g/mol. The van der Waals surface area contributed by atoms with Crippen molar-refractivity contribution in [3.8, 4) is 0 Å². The maximum Gasteiger partial charge on any atom is 0.408 e. The summed E-state index contributed by atoms with van der Waals surface area (Å²) >= 11 is 0. The van der Waals surface area contributed by atoms with Crippen molar-refractivity contribution in [3.63, 3.8) is 0 Å². The lowest BCUT2D eigenvalue weighted by Gasteiger charge is -2.30. The first-order chi connectivity index (χ1) is 16.9. The summed E-state index contributed by atoms with van der Waals surface area (Å²) in [7, 11) is 0. The molecule has 0 unspecified atom stereocenters. The van der Waals surface area contributed by atoms with Crippen molar-refractivity contribution >= 4 is 23.9 Å². The Bertz CT molecular complexity index is 889. The predicted molar refractivity (Wildman–Crippen MR) is 136 cm³/mol. The largest absolute Gasteiger partial charge is 0.480 e. The van der Waals surface area contributed by atoms with Gasteiger partial charge in [-0.3, -0.25) is 9.59 Å². The number of carboxylic acids is 1. The summed E-state index contributed by atoms with van der Waals surface area (Å²) in [6.45, 7) is 9.45. The van der Waals surface area contributed by atoms with Gasteiger partial charge in [0, 0.05) is 18.9 Å². The van der Waals surface area contributed by atoms with Crippen LogP contribution >= 0.6 is 0 Å². The van der Waals surface area contributed by atoms with Crippen LogP contribution < -0.4 is 16.0 Å². The molecule has 0 spiro atoms. The SMILES string of the molecule is CC(C)[C@@H](NC(=O)OC(C)(C)C)C(=O)NCC1CCC(C(=O)N[C@@H](Cc2ccccc2)C(=O)O)CC1. The third kappa shape index (κ3) is 9.87. The summed E-state index contributed by atoms with van der Waals surface area (Å²) < 4.78 is 5.27. The van der Waals surface area contributed by atoms with Gasteiger partial charge in [-0.1, -0.05) is 44.2 Å². The Hall–Kier alpha value is -3.10. The molecule has 36 heavy (non-hydrogen) atoms. The standard InChI is InChI=1S/C27H41N3O6/c1-17(2)22(30-26(35)36-27(3,4)5)24(32)28-16-19-11-13-20(14-12-19)23(31)29-21(25(33)34)15-18-9-7-6-8-10-18/h6-10,17,19-22H,11-16H2,1-5H3,(H,28,32)(H,29,31)(H,30,35)(H,33,34)/t19?,20?,21-,22+/m0/s1. The molecule has 3 amide bonds. The Morgan fingerprint density at radius 1 is 1.00 bits per heavy atom. The summed E-state index contributed by atoms with van der Waals surface area (Å²) in [5.74, 6) is -1.69. The zero-order valence-corrected chi connectivity index (χ0v) is 22.0. The van der Waals surface area contributed by atoms with E-state index >= 15 is 0 Å². The molecule has 4 N–H and O–H groups in total. The summed E-state index contributed by atoms with van der Waals surface area (Å²) in [6.07, 6.45) is 2.37. The average Bonchev–Trinajstić information content (AvgIpc) is 2.80. The number of rotatable bonds is 10. The second-order valence-electron chi connectivity index (χ2n) is 10.9. The number of ether oxygens (including phenoxy) is 1. The van der Waals surface area contributed by atoms with Crippen molar-refractivity contribution in [3.05, 3.63) is 35.9 Å². The van der Waals surface area contributed by atoms with Crippen LogP contribution in [0.2, 0.25) is 0 Å². The molecule has 2 rings (SSSR count). The van der Waals surface area contributed by atoms with E-state index in [9.17, 15) is 24.3 Å². The maximum absolute atomic E-state index is 12.7. The summed E-state index contributed by atoms with van der Waals surface area (Å²) in [5.41, 5.74) is 0.199. The molecule has 0 radical (unpaired) electrons. The number of alkyl carbamates (subject to hydrolysis) is 1. The van der Waals surface area contributed by atoms with E-state index in [0.29, 0.717) is 19.4 Å². The van der Waals surface area contributed by atoms with Gasteiger partial charge in [-0.2, -0.15) is 0 Å². The zero-order valence-electron chi connectivity index (χ0n) is 22.0. The molecule has 200 valence electrons. The van der Waals surface area contributed by atoms with Gasteiger partial charge in [-0.15, -0.1) is 0 Å². The Kier molecular flexibility index (Phi) is 10.7. The number of benzene rings is 1. The molecule has 0 saturated heterocycles. The fourth-order valence-electron chi connectivity index (χ4n) is 4.29. The molecule has 1 aliphatic carbocycles. The van der Waals surface area contributed by atoms with Crippen LogP contribution in [0.3, 0.4) is 0 Å². The molecule has 1 aliphatic rings. The minimum absolute atomic E-state index is 0.116. The molecule has 0 bridgehead atoms. The molecule has 0 aliphatic heterocycles. The molecular formula is C27H41N3O6.